The third-order valence-corrected chi connectivity index (χ3v) is 2.71. The van der Waals surface area contributed by atoms with E-state index in [1.54, 1.807) is 12.4 Å². The molecule has 0 bridgehead atoms. The number of hydrogen-bond acceptors (Lipinski definition) is 3. The van der Waals surface area contributed by atoms with E-state index in [2.05, 4.69) is 30.8 Å². The molecule has 4 heteroatoms. The first-order chi connectivity index (χ1) is 5.86. The molecule has 1 aliphatic heterocycles. The van der Waals surface area contributed by atoms with E-state index in [4.69, 9.17) is 0 Å². The van der Waals surface area contributed by atoms with Crippen LogP contribution in [0.2, 0.25) is 0 Å². The molecule has 1 fully saturated rings. The predicted octanol–water partition coefficient (Wildman–Crippen LogP) is 1.45. The fourth-order valence-electron chi connectivity index (χ4n) is 1.35. The van der Waals surface area contributed by atoms with E-state index in [9.17, 15) is 0 Å². The van der Waals surface area contributed by atoms with Gasteiger partial charge in [0.05, 0.1) is 0 Å². The number of alkyl halides is 1. The second-order valence-electron chi connectivity index (χ2n) is 2.88. The SMILES string of the molecule is BrC1CCN(c2ncccn2)C1. The van der Waals surface area contributed by atoms with Gasteiger partial charge in [-0.05, 0) is 12.5 Å². The maximum Gasteiger partial charge on any atom is 0.225 e. The van der Waals surface area contributed by atoms with Gasteiger partial charge < -0.3 is 4.90 Å². The summed E-state index contributed by atoms with van der Waals surface area (Å²) in [6.45, 7) is 2.07. The number of aromatic nitrogens is 2. The van der Waals surface area contributed by atoms with Gasteiger partial charge >= 0.3 is 0 Å². The Balaban J connectivity index is 2.11. The zero-order valence-electron chi connectivity index (χ0n) is 6.65. The van der Waals surface area contributed by atoms with Crippen molar-refractivity contribution in [1.29, 1.82) is 0 Å². The fraction of sp³-hybridized carbons (Fsp3) is 0.500. The molecular formula is C8H10BrN3. The van der Waals surface area contributed by atoms with E-state index >= 15 is 0 Å². The topological polar surface area (TPSA) is 29.0 Å². The van der Waals surface area contributed by atoms with Crippen LogP contribution in [0.5, 0.6) is 0 Å². The zero-order valence-corrected chi connectivity index (χ0v) is 8.24. The van der Waals surface area contributed by atoms with Gasteiger partial charge in [-0.25, -0.2) is 9.97 Å². The van der Waals surface area contributed by atoms with Gasteiger partial charge in [0, 0.05) is 30.3 Å². The summed E-state index contributed by atoms with van der Waals surface area (Å²) in [4.78, 5) is 11.2. The van der Waals surface area contributed by atoms with Crippen LogP contribution in [0.3, 0.4) is 0 Å². The van der Waals surface area contributed by atoms with Crippen molar-refractivity contribution in [3.8, 4) is 0 Å². The highest BCUT2D eigenvalue weighted by molar-refractivity contribution is 9.09. The van der Waals surface area contributed by atoms with Crippen LogP contribution in [-0.4, -0.2) is 27.9 Å². The lowest BCUT2D eigenvalue weighted by Crippen LogP contribution is -2.21. The lowest BCUT2D eigenvalue weighted by molar-refractivity contribution is 0.899. The van der Waals surface area contributed by atoms with Crippen molar-refractivity contribution in [2.45, 2.75) is 11.2 Å². The quantitative estimate of drug-likeness (QED) is 0.681. The van der Waals surface area contributed by atoms with Crippen LogP contribution in [0.25, 0.3) is 0 Å². The van der Waals surface area contributed by atoms with Crippen LogP contribution in [0, 0.1) is 0 Å². The Morgan fingerprint density at radius 1 is 1.42 bits per heavy atom. The van der Waals surface area contributed by atoms with Gasteiger partial charge in [-0.15, -0.1) is 0 Å². The van der Waals surface area contributed by atoms with Crippen molar-refractivity contribution in [3.63, 3.8) is 0 Å². The van der Waals surface area contributed by atoms with Crippen LogP contribution >= 0.6 is 15.9 Å². The molecule has 3 nitrogen and oxygen atoms in total. The minimum Gasteiger partial charge on any atom is -0.340 e. The molecule has 0 amide bonds. The van der Waals surface area contributed by atoms with Crippen molar-refractivity contribution in [2.75, 3.05) is 18.0 Å². The third kappa shape index (κ3) is 1.58. The lowest BCUT2D eigenvalue weighted by Gasteiger charge is -2.13. The van der Waals surface area contributed by atoms with E-state index in [0.29, 0.717) is 4.83 Å². The largest absolute Gasteiger partial charge is 0.340 e. The predicted molar refractivity (Wildman–Crippen MR) is 51.6 cm³/mol. The standard InChI is InChI=1S/C8H10BrN3/c9-7-2-5-12(6-7)8-10-3-1-4-11-8/h1,3-4,7H,2,5-6H2. The number of nitrogens with zero attached hydrogens (tertiary/aromatic N) is 3. The molecule has 0 aromatic carbocycles. The summed E-state index contributed by atoms with van der Waals surface area (Å²) >= 11 is 3.58. The lowest BCUT2D eigenvalue weighted by atomic mass is 10.4. The average molecular weight is 228 g/mol. The second-order valence-corrected chi connectivity index (χ2v) is 4.18. The number of anilines is 1. The summed E-state index contributed by atoms with van der Waals surface area (Å²) in [5, 5.41) is 0. The Hall–Kier alpha value is -0.640. The van der Waals surface area contributed by atoms with Gasteiger partial charge in [-0.1, -0.05) is 15.9 Å². The Labute approximate surface area is 80.0 Å². The number of halogens is 1. The van der Waals surface area contributed by atoms with E-state index < -0.39 is 0 Å². The molecule has 0 radical (unpaired) electrons. The van der Waals surface area contributed by atoms with Gasteiger partial charge in [0.2, 0.25) is 5.95 Å². The smallest absolute Gasteiger partial charge is 0.225 e. The zero-order chi connectivity index (χ0) is 8.39. The van der Waals surface area contributed by atoms with E-state index in [1.165, 1.54) is 6.42 Å². The summed E-state index contributed by atoms with van der Waals surface area (Å²) in [6.07, 6.45) is 4.74. The summed E-state index contributed by atoms with van der Waals surface area (Å²) in [5.41, 5.74) is 0. The molecule has 1 unspecified atom stereocenters. The van der Waals surface area contributed by atoms with E-state index in [-0.39, 0.29) is 0 Å². The van der Waals surface area contributed by atoms with Crippen molar-refractivity contribution in [1.82, 2.24) is 9.97 Å². The molecule has 2 rings (SSSR count). The molecule has 64 valence electrons. The summed E-state index contributed by atoms with van der Waals surface area (Å²) in [6, 6.07) is 1.84. The van der Waals surface area contributed by atoms with E-state index in [1.807, 2.05) is 6.07 Å². The first-order valence-electron chi connectivity index (χ1n) is 4.02. The third-order valence-electron chi connectivity index (χ3n) is 1.97. The molecule has 0 N–H and O–H groups in total. The summed E-state index contributed by atoms with van der Waals surface area (Å²) < 4.78 is 0. The Bertz CT molecular complexity index is 252. The molecule has 1 aliphatic rings. The highest BCUT2D eigenvalue weighted by atomic mass is 79.9. The Morgan fingerprint density at radius 3 is 2.75 bits per heavy atom. The Kier molecular flexibility index (Phi) is 2.26. The van der Waals surface area contributed by atoms with Crippen LogP contribution in [-0.2, 0) is 0 Å². The maximum absolute atomic E-state index is 4.19. The van der Waals surface area contributed by atoms with Crippen LogP contribution < -0.4 is 4.90 Å². The monoisotopic (exact) mass is 227 g/mol. The van der Waals surface area contributed by atoms with Crippen molar-refractivity contribution in [2.24, 2.45) is 0 Å². The number of rotatable bonds is 1. The van der Waals surface area contributed by atoms with Crippen molar-refractivity contribution >= 4 is 21.9 Å². The molecule has 12 heavy (non-hydrogen) atoms. The molecule has 1 saturated heterocycles. The van der Waals surface area contributed by atoms with Crippen LogP contribution in [0.15, 0.2) is 18.5 Å². The second kappa shape index (κ2) is 3.39. The average Bonchev–Trinajstić information content (AvgIpc) is 2.54. The minimum absolute atomic E-state index is 0.598. The van der Waals surface area contributed by atoms with Crippen molar-refractivity contribution < 1.29 is 0 Å². The molecule has 1 aromatic rings. The number of hydrogen-bond donors (Lipinski definition) is 0. The van der Waals surface area contributed by atoms with Gasteiger partial charge in [-0.2, -0.15) is 0 Å². The summed E-state index contributed by atoms with van der Waals surface area (Å²) in [5.74, 6) is 0.847. The van der Waals surface area contributed by atoms with Gasteiger partial charge in [-0.3, -0.25) is 0 Å². The normalized spacial score (nSPS) is 23.1. The highest BCUT2D eigenvalue weighted by Crippen LogP contribution is 2.19. The molecule has 1 atom stereocenters. The van der Waals surface area contributed by atoms with Crippen LogP contribution in [0.4, 0.5) is 5.95 Å². The Morgan fingerprint density at radius 2 is 2.17 bits per heavy atom. The van der Waals surface area contributed by atoms with Crippen LogP contribution in [0.1, 0.15) is 6.42 Å². The van der Waals surface area contributed by atoms with Crippen molar-refractivity contribution in [3.05, 3.63) is 18.5 Å². The fourth-order valence-corrected chi connectivity index (χ4v) is 1.91. The first kappa shape index (κ1) is 7.98. The molecule has 0 spiro atoms. The first-order valence-corrected chi connectivity index (χ1v) is 4.94. The summed E-state index contributed by atoms with van der Waals surface area (Å²) in [7, 11) is 0. The highest BCUT2D eigenvalue weighted by Gasteiger charge is 2.21. The molecular weight excluding hydrogens is 218 g/mol. The maximum atomic E-state index is 4.19. The molecule has 2 heterocycles. The minimum atomic E-state index is 0.598. The molecule has 1 aromatic heterocycles. The van der Waals surface area contributed by atoms with Gasteiger partial charge in [0.15, 0.2) is 0 Å². The van der Waals surface area contributed by atoms with Gasteiger partial charge in [0.25, 0.3) is 0 Å². The molecule has 0 saturated carbocycles. The van der Waals surface area contributed by atoms with E-state index in [0.717, 1.165) is 19.0 Å². The molecule has 0 aliphatic carbocycles. The van der Waals surface area contributed by atoms with Gasteiger partial charge in [0.1, 0.15) is 0 Å².